The Morgan fingerprint density at radius 3 is 2.42 bits per heavy atom. The molecule has 0 atom stereocenters. The van der Waals surface area contributed by atoms with E-state index in [0.29, 0.717) is 28.8 Å². The summed E-state index contributed by atoms with van der Waals surface area (Å²) < 4.78 is 45.8. The molecule has 0 saturated heterocycles. The highest BCUT2D eigenvalue weighted by Gasteiger charge is 2.20. The first-order chi connectivity index (χ1) is 11.4. The van der Waals surface area contributed by atoms with Gasteiger partial charge in [0.1, 0.15) is 5.82 Å². The number of aromatic nitrogens is 2. The molecule has 0 aliphatic heterocycles. The van der Waals surface area contributed by atoms with Crippen LogP contribution in [0.5, 0.6) is 5.75 Å². The number of hydrogen-bond acceptors (Lipinski definition) is 4. The first-order valence-corrected chi connectivity index (χ1v) is 7.68. The molecule has 130 valence electrons. The lowest BCUT2D eigenvalue weighted by atomic mass is 10.2. The molecule has 0 radical (unpaired) electrons. The maximum absolute atomic E-state index is 14.4. The number of halogens is 4. The van der Waals surface area contributed by atoms with Gasteiger partial charge >= 0.3 is 12.8 Å². The topological polar surface area (TPSA) is 61.2 Å². The summed E-state index contributed by atoms with van der Waals surface area (Å²) in [6.45, 7) is 0.623. The summed E-state index contributed by atoms with van der Waals surface area (Å²) in [6.07, 6.45) is 1.15. The summed E-state index contributed by atoms with van der Waals surface area (Å²) in [4.78, 5) is 20.4. The molecule has 0 saturated carbocycles. The zero-order valence-electron chi connectivity index (χ0n) is 12.9. The largest absolute Gasteiger partial charge is 0.433 e. The third kappa shape index (κ3) is 4.69. The van der Waals surface area contributed by atoms with Crippen LogP contribution >= 0.6 is 15.9 Å². The van der Waals surface area contributed by atoms with Crippen LogP contribution in [-0.2, 0) is 22.4 Å². The SMILES string of the molecule is CCc1nc(CC)n(-c2ccc(Br)cc2OC(F)F)c1F.O=C=O. The molecule has 5 nitrogen and oxygen atoms in total. The van der Waals surface area contributed by atoms with Crippen LogP contribution in [0.15, 0.2) is 22.7 Å². The van der Waals surface area contributed by atoms with E-state index < -0.39 is 12.6 Å². The molecule has 1 aromatic heterocycles. The normalized spacial score (nSPS) is 10.1. The number of carbonyl (C=O) groups excluding carboxylic acids is 2. The minimum atomic E-state index is -2.99. The van der Waals surface area contributed by atoms with E-state index in [-0.39, 0.29) is 17.6 Å². The average Bonchev–Trinajstić information content (AvgIpc) is 2.84. The predicted octanol–water partition coefficient (Wildman–Crippen LogP) is 3.92. The Balaban J connectivity index is 0.000000891. The van der Waals surface area contributed by atoms with Gasteiger partial charge in [0.25, 0.3) is 0 Å². The van der Waals surface area contributed by atoms with Gasteiger partial charge in [-0.05, 0) is 24.6 Å². The lowest BCUT2D eigenvalue weighted by molar-refractivity contribution is -0.191. The molecule has 0 aliphatic rings. The molecule has 9 heteroatoms. The van der Waals surface area contributed by atoms with E-state index in [9.17, 15) is 13.2 Å². The number of nitrogens with zero attached hydrogens (tertiary/aromatic N) is 2. The van der Waals surface area contributed by atoms with Crippen LogP contribution in [0, 0.1) is 5.95 Å². The van der Waals surface area contributed by atoms with Gasteiger partial charge in [0, 0.05) is 10.9 Å². The second-order valence-electron chi connectivity index (χ2n) is 4.38. The number of ether oxygens (including phenoxy) is 1. The fourth-order valence-electron chi connectivity index (χ4n) is 2.06. The van der Waals surface area contributed by atoms with Crippen molar-refractivity contribution in [3.05, 3.63) is 40.1 Å². The number of aryl methyl sites for hydroxylation is 2. The van der Waals surface area contributed by atoms with E-state index >= 15 is 0 Å². The Morgan fingerprint density at radius 2 is 1.92 bits per heavy atom. The molecule has 2 aromatic rings. The van der Waals surface area contributed by atoms with E-state index in [1.807, 2.05) is 6.92 Å². The predicted molar refractivity (Wildman–Crippen MR) is 81.6 cm³/mol. The van der Waals surface area contributed by atoms with Crippen molar-refractivity contribution in [3.8, 4) is 11.4 Å². The fraction of sp³-hybridized carbons (Fsp3) is 0.333. The third-order valence-corrected chi connectivity index (χ3v) is 3.48. The molecular weight excluding hydrogens is 393 g/mol. The first-order valence-electron chi connectivity index (χ1n) is 6.89. The van der Waals surface area contributed by atoms with Gasteiger partial charge in [0.05, 0.1) is 11.4 Å². The Labute approximate surface area is 144 Å². The lowest BCUT2D eigenvalue weighted by Gasteiger charge is -2.14. The Morgan fingerprint density at radius 1 is 1.29 bits per heavy atom. The smallest absolute Gasteiger partial charge is 0.387 e. The summed E-state index contributed by atoms with van der Waals surface area (Å²) in [5.41, 5.74) is 0.512. The summed E-state index contributed by atoms with van der Waals surface area (Å²) in [5.74, 6) is -0.186. The minimum Gasteiger partial charge on any atom is -0.433 e. The number of alkyl halides is 2. The highest BCUT2D eigenvalue weighted by molar-refractivity contribution is 9.10. The number of rotatable bonds is 5. The number of benzene rings is 1. The van der Waals surface area contributed by atoms with Crippen molar-refractivity contribution in [2.24, 2.45) is 0 Å². The molecule has 0 unspecified atom stereocenters. The molecule has 0 aliphatic carbocycles. The third-order valence-electron chi connectivity index (χ3n) is 2.99. The molecule has 0 spiro atoms. The fourth-order valence-corrected chi connectivity index (χ4v) is 2.40. The molecule has 1 aromatic carbocycles. The summed E-state index contributed by atoms with van der Waals surface area (Å²) >= 11 is 3.19. The molecule has 2 rings (SSSR count). The van der Waals surface area contributed by atoms with Crippen LogP contribution in [0.2, 0.25) is 0 Å². The van der Waals surface area contributed by atoms with Crippen LogP contribution in [0.25, 0.3) is 5.69 Å². The van der Waals surface area contributed by atoms with Crippen LogP contribution in [-0.4, -0.2) is 22.3 Å². The van der Waals surface area contributed by atoms with E-state index in [4.69, 9.17) is 9.59 Å². The van der Waals surface area contributed by atoms with E-state index in [1.165, 1.54) is 16.7 Å². The van der Waals surface area contributed by atoms with Gasteiger partial charge in [-0.1, -0.05) is 29.8 Å². The first kappa shape index (κ1) is 19.9. The number of imidazole rings is 1. The van der Waals surface area contributed by atoms with Gasteiger partial charge < -0.3 is 4.74 Å². The van der Waals surface area contributed by atoms with E-state index in [0.717, 1.165) is 0 Å². The Kier molecular flexibility index (Phi) is 7.67. The standard InChI is InChI=1S/C14H14BrF3N2O.CO2/c1-3-9-13(16)20(12(4-2)19-9)10-6-5-8(15)7-11(10)21-14(17)18;2-1-3/h5-7,14H,3-4H2,1-2H3;. The van der Waals surface area contributed by atoms with Crippen LogP contribution < -0.4 is 4.74 Å². The molecule has 0 amide bonds. The maximum Gasteiger partial charge on any atom is 0.387 e. The molecular formula is C15H14BrF3N2O3. The highest BCUT2D eigenvalue weighted by atomic mass is 79.9. The zero-order chi connectivity index (χ0) is 18.3. The monoisotopic (exact) mass is 406 g/mol. The van der Waals surface area contributed by atoms with Crippen LogP contribution in [0.1, 0.15) is 25.4 Å². The van der Waals surface area contributed by atoms with E-state index in [2.05, 4.69) is 25.7 Å². The summed E-state index contributed by atoms with van der Waals surface area (Å²) in [7, 11) is 0. The van der Waals surface area contributed by atoms with Gasteiger partial charge in [-0.15, -0.1) is 0 Å². The molecule has 1 heterocycles. The molecule has 0 bridgehead atoms. The van der Waals surface area contributed by atoms with Gasteiger partial charge in [0.2, 0.25) is 5.95 Å². The second-order valence-corrected chi connectivity index (χ2v) is 5.30. The van der Waals surface area contributed by atoms with Crippen molar-refractivity contribution < 1.29 is 27.5 Å². The minimum absolute atomic E-state index is 0.104. The second kappa shape index (κ2) is 9.24. The Hall–Kier alpha value is -2.12. The lowest BCUT2D eigenvalue weighted by Crippen LogP contribution is -2.09. The molecule has 24 heavy (non-hydrogen) atoms. The maximum atomic E-state index is 14.4. The van der Waals surface area contributed by atoms with Crippen molar-refractivity contribution in [2.45, 2.75) is 33.3 Å². The number of hydrogen-bond donors (Lipinski definition) is 0. The quantitative estimate of drug-likeness (QED) is 0.754. The van der Waals surface area contributed by atoms with Crippen molar-refractivity contribution in [1.82, 2.24) is 9.55 Å². The molecule has 0 fully saturated rings. The van der Waals surface area contributed by atoms with Gasteiger partial charge in [-0.3, -0.25) is 4.57 Å². The van der Waals surface area contributed by atoms with Gasteiger partial charge in [-0.25, -0.2) is 4.98 Å². The summed E-state index contributed by atoms with van der Waals surface area (Å²) in [6, 6.07) is 4.54. The van der Waals surface area contributed by atoms with Crippen LogP contribution in [0.4, 0.5) is 13.2 Å². The molecule has 0 N–H and O–H groups in total. The average molecular weight is 407 g/mol. The van der Waals surface area contributed by atoms with Gasteiger partial charge in [0.15, 0.2) is 5.75 Å². The highest BCUT2D eigenvalue weighted by Crippen LogP contribution is 2.31. The van der Waals surface area contributed by atoms with Crippen molar-refractivity contribution in [1.29, 1.82) is 0 Å². The van der Waals surface area contributed by atoms with Crippen molar-refractivity contribution in [2.75, 3.05) is 0 Å². The van der Waals surface area contributed by atoms with E-state index in [1.54, 1.807) is 13.0 Å². The van der Waals surface area contributed by atoms with Crippen LogP contribution in [0.3, 0.4) is 0 Å². The summed E-state index contributed by atoms with van der Waals surface area (Å²) in [5, 5.41) is 0. The van der Waals surface area contributed by atoms with Crippen molar-refractivity contribution in [3.63, 3.8) is 0 Å². The van der Waals surface area contributed by atoms with Gasteiger partial charge in [-0.2, -0.15) is 22.8 Å². The Bertz CT molecular complexity index is 729. The van der Waals surface area contributed by atoms with Crippen molar-refractivity contribution >= 4 is 22.1 Å². The zero-order valence-corrected chi connectivity index (χ0v) is 14.4.